The standard InChI is InChI=1S/C15H21NO3/c1-10-8-11(4-5-14(10)19-3)6-7-16(2)13-9-12(13)15(17)18/h4-5,8,12-13H,6-7,9H2,1-3H3,(H,17,18). The molecule has 1 aromatic carbocycles. The Morgan fingerprint density at radius 3 is 2.79 bits per heavy atom. The van der Waals surface area contributed by atoms with Gasteiger partial charge in [-0.2, -0.15) is 0 Å². The molecule has 0 heterocycles. The lowest BCUT2D eigenvalue weighted by atomic mass is 10.1. The zero-order valence-electron chi connectivity index (χ0n) is 11.7. The molecular formula is C15H21NO3. The summed E-state index contributed by atoms with van der Waals surface area (Å²) in [7, 11) is 3.68. The van der Waals surface area contributed by atoms with Crippen LogP contribution in [0.25, 0.3) is 0 Å². The molecule has 1 aromatic rings. The number of benzene rings is 1. The maximum atomic E-state index is 10.8. The Morgan fingerprint density at radius 1 is 1.53 bits per heavy atom. The Labute approximate surface area is 114 Å². The number of carboxylic acid groups (broad SMARTS) is 1. The van der Waals surface area contributed by atoms with Gasteiger partial charge in [0.15, 0.2) is 0 Å². The van der Waals surface area contributed by atoms with Gasteiger partial charge in [0.25, 0.3) is 0 Å². The molecule has 4 nitrogen and oxygen atoms in total. The summed E-state index contributed by atoms with van der Waals surface area (Å²) in [6, 6.07) is 6.41. The van der Waals surface area contributed by atoms with Crippen LogP contribution in [-0.4, -0.2) is 42.7 Å². The average Bonchev–Trinajstić information content (AvgIpc) is 3.16. The van der Waals surface area contributed by atoms with Crippen LogP contribution in [0.4, 0.5) is 0 Å². The molecular weight excluding hydrogens is 242 g/mol. The minimum Gasteiger partial charge on any atom is -0.496 e. The van der Waals surface area contributed by atoms with Gasteiger partial charge in [0.05, 0.1) is 13.0 Å². The van der Waals surface area contributed by atoms with Crippen LogP contribution >= 0.6 is 0 Å². The van der Waals surface area contributed by atoms with Crippen LogP contribution < -0.4 is 4.74 Å². The molecule has 1 aliphatic carbocycles. The highest BCUT2D eigenvalue weighted by atomic mass is 16.5. The summed E-state index contributed by atoms with van der Waals surface area (Å²) in [6.07, 6.45) is 1.72. The number of hydrogen-bond donors (Lipinski definition) is 1. The van der Waals surface area contributed by atoms with E-state index >= 15 is 0 Å². The number of hydrogen-bond acceptors (Lipinski definition) is 3. The quantitative estimate of drug-likeness (QED) is 0.852. The molecule has 1 N–H and O–H groups in total. The normalized spacial score (nSPS) is 21.5. The lowest BCUT2D eigenvalue weighted by Crippen LogP contribution is -2.26. The molecule has 1 saturated carbocycles. The molecule has 0 aliphatic heterocycles. The van der Waals surface area contributed by atoms with E-state index in [1.165, 1.54) is 5.56 Å². The summed E-state index contributed by atoms with van der Waals surface area (Å²) < 4.78 is 5.24. The van der Waals surface area contributed by atoms with Gasteiger partial charge in [0.1, 0.15) is 5.75 Å². The number of methoxy groups -OCH3 is 1. The van der Waals surface area contributed by atoms with Crippen LogP contribution in [0.3, 0.4) is 0 Å². The predicted molar refractivity (Wildman–Crippen MR) is 73.6 cm³/mol. The number of nitrogens with zero attached hydrogens (tertiary/aromatic N) is 1. The molecule has 2 rings (SSSR count). The van der Waals surface area contributed by atoms with Crippen LogP contribution in [0.15, 0.2) is 18.2 Å². The van der Waals surface area contributed by atoms with Crippen molar-refractivity contribution in [3.8, 4) is 5.75 Å². The lowest BCUT2D eigenvalue weighted by molar-refractivity contribution is -0.138. The molecule has 1 fully saturated rings. The van der Waals surface area contributed by atoms with E-state index in [2.05, 4.69) is 17.0 Å². The van der Waals surface area contributed by atoms with Crippen LogP contribution in [0.2, 0.25) is 0 Å². The summed E-state index contributed by atoms with van der Waals surface area (Å²) in [5.74, 6) is 0.0741. The molecule has 104 valence electrons. The number of rotatable bonds is 6. The highest BCUT2D eigenvalue weighted by Gasteiger charge is 2.45. The summed E-state index contributed by atoms with van der Waals surface area (Å²) in [5, 5.41) is 8.91. The third-order valence-electron chi connectivity index (χ3n) is 3.85. The van der Waals surface area contributed by atoms with Gasteiger partial charge in [-0.05, 0) is 44.0 Å². The Balaban J connectivity index is 1.86. The molecule has 19 heavy (non-hydrogen) atoms. The van der Waals surface area contributed by atoms with E-state index < -0.39 is 5.97 Å². The first-order valence-electron chi connectivity index (χ1n) is 6.59. The molecule has 4 heteroatoms. The lowest BCUT2D eigenvalue weighted by Gasteiger charge is -2.16. The van der Waals surface area contributed by atoms with Gasteiger partial charge in [-0.1, -0.05) is 12.1 Å². The molecule has 2 unspecified atom stereocenters. The summed E-state index contributed by atoms with van der Waals surface area (Å²) in [4.78, 5) is 13.0. The minimum absolute atomic E-state index is 0.164. The zero-order chi connectivity index (χ0) is 14.0. The van der Waals surface area contributed by atoms with Gasteiger partial charge in [-0.15, -0.1) is 0 Å². The van der Waals surface area contributed by atoms with Crippen LogP contribution in [0.5, 0.6) is 5.75 Å². The van der Waals surface area contributed by atoms with Crippen molar-refractivity contribution in [2.75, 3.05) is 20.7 Å². The van der Waals surface area contributed by atoms with E-state index in [1.54, 1.807) is 7.11 Å². The minimum atomic E-state index is -0.669. The predicted octanol–water partition coefficient (Wildman–Crippen LogP) is 1.95. The molecule has 0 aromatic heterocycles. The van der Waals surface area contributed by atoms with Gasteiger partial charge in [-0.3, -0.25) is 4.79 Å². The number of carboxylic acids is 1. The highest BCUT2D eigenvalue weighted by molar-refractivity contribution is 5.74. The van der Waals surface area contributed by atoms with Crippen LogP contribution in [0.1, 0.15) is 17.5 Å². The van der Waals surface area contributed by atoms with Gasteiger partial charge in [0.2, 0.25) is 0 Å². The van der Waals surface area contributed by atoms with E-state index in [9.17, 15) is 4.79 Å². The number of aliphatic carboxylic acids is 1. The van der Waals surface area contributed by atoms with Crippen molar-refractivity contribution in [3.63, 3.8) is 0 Å². The van der Waals surface area contributed by atoms with Gasteiger partial charge >= 0.3 is 5.97 Å². The molecule has 0 radical (unpaired) electrons. The first kappa shape index (κ1) is 13.9. The molecule has 2 atom stereocenters. The zero-order valence-corrected chi connectivity index (χ0v) is 11.7. The van der Waals surface area contributed by atoms with Crippen molar-refractivity contribution in [1.29, 1.82) is 0 Å². The van der Waals surface area contributed by atoms with Crippen molar-refractivity contribution in [3.05, 3.63) is 29.3 Å². The molecule has 0 bridgehead atoms. The van der Waals surface area contributed by atoms with Crippen molar-refractivity contribution in [2.45, 2.75) is 25.8 Å². The first-order chi connectivity index (χ1) is 9.02. The second kappa shape index (κ2) is 5.61. The summed E-state index contributed by atoms with van der Waals surface area (Å²) in [6.45, 7) is 2.92. The second-order valence-electron chi connectivity index (χ2n) is 5.28. The molecule has 0 amide bonds. The number of ether oxygens (including phenoxy) is 1. The third kappa shape index (κ3) is 3.26. The van der Waals surface area contributed by atoms with E-state index in [-0.39, 0.29) is 12.0 Å². The monoisotopic (exact) mass is 263 g/mol. The Kier molecular flexibility index (Phi) is 4.10. The smallest absolute Gasteiger partial charge is 0.308 e. The molecule has 0 spiro atoms. The Hall–Kier alpha value is -1.55. The topological polar surface area (TPSA) is 49.8 Å². The Bertz CT molecular complexity index is 472. The van der Waals surface area contributed by atoms with E-state index in [0.29, 0.717) is 0 Å². The third-order valence-corrected chi connectivity index (χ3v) is 3.85. The fourth-order valence-corrected chi connectivity index (χ4v) is 2.50. The summed E-state index contributed by atoms with van der Waals surface area (Å²) >= 11 is 0. The van der Waals surface area contributed by atoms with Gasteiger partial charge in [-0.25, -0.2) is 0 Å². The van der Waals surface area contributed by atoms with Gasteiger partial charge in [0, 0.05) is 12.6 Å². The fraction of sp³-hybridized carbons (Fsp3) is 0.533. The second-order valence-corrected chi connectivity index (χ2v) is 5.28. The number of likely N-dealkylation sites (N-methyl/N-ethyl adjacent to an activating group) is 1. The fourth-order valence-electron chi connectivity index (χ4n) is 2.50. The van der Waals surface area contributed by atoms with Crippen molar-refractivity contribution in [2.24, 2.45) is 5.92 Å². The molecule has 0 saturated heterocycles. The van der Waals surface area contributed by atoms with Crippen molar-refractivity contribution >= 4 is 5.97 Å². The first-order valence-corrected chi connectivity index (χ1v) is 6.59. The maximum absolute atomic E-state index is 10.8. The molecule has 1 aliphatic rings. The van der Waals surface area contributed by atoms with E-state index in [4.69, 9.17) is 9.84 Å². The van der Waals surface area contributed by atoms with E-state index in [0.717, 1.165) is 30.7 Å². The summed E-state index contributed by atoms with van der Waals surface area (Å²) in [5.41, 5.74) is 2.40. The average molecular weight is 263 g/mol. The number of aryl methyl sites for hydroxylation is 1. The Morgan fingerprint density at radius 2 is 2.26 bits per heavy atom. The van der Waals surface area contributed by atoms with Crippen LogP contribution in [0, 0.1) is 12.8 Å². The number of carbonyl (C=O) groups is 1. The van der Waals surface area contributed by atoms with Crippen LogP contribution in [-0.2, 0) is 11.2 Å². The largest absolute Gasteiger partial charge is 0.496 e. The SMILES string of the molecule is COc1ccc(CCN(C)C2CC2C(=O)O)cc1C. The van der Waals surface area contributed by atoms with E-state index in [1.807, 2.05) is 20.0 Å². The van der Waals surface area contributed by atoms with Crippen molar-refractivity contribution in [1.82, 2.24) is 4.90 Å². The highest BCUT2D eigenvalue weighted by Crippen LogP contribution is 2.35. The maximum Gasteiger partial charge on any atom is 0.308 e. The van der Waals surface area contributed by atoms with Gasteiger partial charge < -0.3 is 14.7 Å². The van der Waals surface area contributed by atoms with Crippen molar-refractivity contribution < 1.29 is 14.6 Å².